The third-order valence-electron chi connectivity index (χ3n) is 6.98. The van der Waals surface area contributed by atoms with E-state index in [1.54, 1.807) is 30.2 Å². The Morgan fingerprint density at radius 3 is 2.58 bits per heavy atom. The van der Waals surface area contributed by atoms with Crippen molar-refractivity contribution in [2.75, 3.05) is 53.1 Å². The van der Waals surface area contributed by atoms with Crippen LogP contribution in [0.5, 0.6) is 11.5 Å². The summed E-state index contributed by atoms with van der Waals surface area (Å²) in [4.78, 5) is 31.6. The zero-order valence-electron chi connectivity index (χ0n) is 22.0. The lowest BCUT2D eigenvalue weighted by molar-refractivity contribution is 0.0353. The van der Waals surface area contributed by atoms with Crippen LogP contribution in [0.4, 0.5) is 0 Å². The normalized spacial score (nSPS) is 17.9. The van der Waals surface area contributed by atoms with Crippen LogP contribution in [0.3, 0.4) is 0 Å². The number of nitrogens with zero attached hydrogens (tertiary/aromatic N) is 2. The molecule has 0 saturated carbocycles. The topological polar surface area (TPSA) is 81.5 Å². The van der Waals surface area contributed by atoms with E-state index in [0.29, 0.717) is 47.1 Å². The molecule has 202 valence electrons. The van der Waals surface area contributed by atoms with E-state index in [-0.39, 0.29) is 17.1 Å². The highest BCUT2D eigenvalue weighted by molar-refractivity contribution is 9.10. The van der Waals surface area contributed by atoms with Crippen LogP contribution in [0, 0.1) is 5.92 Å². The molecule has 2 aliphatic rings. The van der Waals surface area contributed by atoms with Gasteiger partial charge in [0.15, 0.2) is 16.9 Å². The number of carbonyl (C=O) groups is 1. The highest BCUT2D eigenvalue weighted by Crippen LogP contribution is 2.41. The van der Waals surface area contributed by atoms with Crippen molar-refractivity contribution in [3.63, 3.8) is 0 Å². The number of benzene rings is 2. The first kappa shape index (κ1) is 26.7. The van der Waals surface area contributed by atoms with Crippen LogP contribution in [0.2, 0.25) is 0 Å². The second-order valence-corrected chi connectivity index (χ2v) is 11.1. The summed E-state index contributed by atoms with van der Waals surface area (Å²) in [6.45, 7) is 9.26. The zero-order valence-corrected chi connectivity index (χ0v) is 23.6. The van der Waals surface area contributed by atoms with Gasteiger partial charge in [-0.15, -0.1) is 0 Å². The van der Waals surface area contributed by atoms with E-state index in [9.17, 15) is 9.59 Å². The molecule has 5 rings (SSSR count). The summed E-state index contributed by atoms with van der Waals surface area (Å²) in [6.07, 6.45) is 0.766. The van der Waals surface area contributed by atoms with Crippen LogP contribution in [-0.2, 0) is 4.74 Å². The Morgan fingerprint density at radius 1 is 1.05 bits per heavy atom. The Labute approximate surface area is 230 Å². The van der Waals surface area contributed by atoms with E-state index in [4.69, 9.17) is 18.6 Å². The smallest absolute Gasteiger partial charge is 0.290 e. The lowest BCUT2D eigenvalue weighted by Crippen LogP contribution is -2.38. The maximum Gasteiger partial charge on any atom is 0.290 e. The van der Waals surface area contributed by atoms with Gasteiger partial charge >= 0.3 is 0 Å². The summed E-state index contributed by atoms with van der Waals surface area (Å²) < 4.78 is 23.9. The summed E-state index contributed by atoms with van der Waals surface area (Å²) in [5, 5.41) is 0.440. The van der Waals surface area contributed by atoms with Crippen LogP contribution in [-0.4, -0.2) is 68.8 Å². The van der Waals surface area contributed by atoms with Gasteiger partial charge in [-0.25, -0.2) is 0 Å². The van der Waals surface area contributed by atoms with Crippen LogP contribution in [0.1, 0.15) is 48.0 Å². The summed E-state index contributed by atoms with van der Waals surface area (Å²) >= 11 is 3.45. The lowest BCUT2D eigenvalue weighted by atomic mass is 9.98. The van der Waals surface area contributed by atoms with Crippen molar-refractivity contribution in [2.45, 2.75) is 26.3 Å². The largest absolute Gasteiger partial charge is 0.493 e. The van der Waals surface area contributed by atoms with Crippen molar-refractivity contribution in [2.24, 2.45) is 5.92 Å². The monoisotopic (exact) mass is 584 g/mol. The molecule has 2 aromatic carbocycles. The summed E-state index contributed by atoms with van der Waals surface area (Å²) in [5.74, 6) is 1.39. The van der Waals surface area contributed by atoms with Crippen LogP contribution < -0.4 is 14.9 Å². The van der Waals surface area contributed by atoms with E-state index in [2.05, 4.69) is 34.7 Å². The standard InChI is InChI=1S/C29H33BrN2O6/c1-18(2)17-37-23-7-5-19(15-24(23)35-3)26-25-27(33)21-16-20(30)6-8-22(21)38-28(25)29(34)32(26)10-4-9-31-11-13-36-14-12-31/h5-8,15-16,18,26H,4,9-14,17H2,1-3H3. The molecule has 0 aliphatic carbocycles. The summed E-state index contributed by atoms with van der Waals surface area (Å²) in [5.41, 5.74) is 1.34. The van der Waals surface area contributed by atoms with Crippen molar-refractivity contribution in [3.8, 4) is 11.5 Å². The lowest BCUT2D eigenvalue weighted by Gasteiger charge is -2.29. The first-order valence-corrected chi connectivity index (χ1v) is 13.8. The van der Waals surface area contributed by atoms with Crippen LogP contribution >= 0.6 is 15.9 Å². The van der Waals surface area contributed by atoms with Gasteiger partial charge < -0.3 is 23.5 Å². The maximum atomic E-state index is 13.8. The van der Waals surface area contributed by atoms with Crippen LogP contribution in [0.25, 0.3) is 11.0 Å². The Hall–Kier alpha value is -2.88. The number of methoxy groups -OCH3 is 1. The molecule has 1 unspecified atom stereocenters. The molecule has 9 heteroatoms. The molecule has 3 heterocycles. The molecular formula is C29H33BrN2O6. The SMILES string of the molecule is COc1cc(C2c3c(oc4ccc(Br)cc4c3=O)C(=O)N2CCCN2CCOCC2)ccc1OCC(C)C. The first-order chi connectivity index (χ1) is 18.4. The predicted molar refractivity (Wildman–Crippen MR) is 148 cm³/mol. The molecule has 38 heavy (non-hydrogen) atoms. The number of rotatable bonds is 9. The minimum atomic E-state index is -0.588. The number of amides is 1. The minimum absolute atomic E-state index is 0.111. The summed E-state index contributed by atoms with van der Waals surface area (Å²) in [6, 6.07) is 10.3. The second kappa shape index (κ2) is 11.5. The Balaban J connectivity index is 1.54. The first-order valence-electron chi connectivity index (χ1n) is 13.1. The zero-order chi connectivity index (χ0) is 26.8. The number of ether oxygens (including phenoxy) is 3. The van der Waals surface area contributed by atoms with Gasteiger partial charge in [0.05, 0.1) is 43.9 Å². The maximum absolute atomic E-state index is 13.8. The molecule has 1 saturated heterocycles. The highest BCUT2D eigenvalue weighted by Gasteiger charge is 2.42. The fraction of sp³-hybridized carbons (Fsp3) is 0.448. The van der Waals surface area contributed by atoms with Gasteiger partial charge in [0.2, 0.25) is 5.76 Å². The molecule has 0 radical (unpaired) electrons. The number of morpholine rings is 1. The molecule has 3 aromatic rings. The van der Waals surface area contributed by atoms with E-state index < -0.39 is 6.04 Å². The molecule has 1 fully saturated rings. The Bertz CT molecular complexity index is 1380. The fourth-order valence-electron chi connectivity index (χ4n) is 5.09. The van der Waals surface area contributed by atoms with Crippen molar-refractivity contribution in [1.82, 2.24) is 9.80 Å². The second-order valence-electron chi connectivity index (χ2n) is 10.1. The average Bonchev–Trinajstić information content (AvgIpc) is 3.20. The number of carbonyl (C=O) groups excluding carboxylic acids is 1. The molecule has 0 spiro atoms. The van der Waals surface area contributed by atoms with Gasteiger partial charge in [0.1, 0.15) is 5.58 Å². The molecule has 1 aromatic heterocycles. The third-order valence-corrected chi connectivity index (χ3v) is 7.47. The third kappa shape index (κ3) is 5.32. The Morgan fingerprint density at radius 2 is 1.84 bits per heavy atom. The number of halogens is 1. The van der Waals surface area contributed by atoms with E-state index >= 15 is 0 Å². The van der Waals surface area contributed by atoms with Gasteiger partial charge in [-0.1, -0.05) is 35.8 Å². The Kier molecular flexibility index (Phi) is 8.07. The number of fused-ring (bicyclic) bond motifs is 2. The molecule has 1 atom stereocenters. The van der Waals surface area contributed by atoms with Crippen molar-refractivity contribution in [1.29, 1.82) is 0 Å². The van der Waals surface area contributed by atoms with Gasteiger partial charge in [0.25, 0.3) is 5.91 Å². The van der Waals surface area contributed by atoms with E-state index in [1.807, 2.05) is 18.2 Å². The molecule has 0 bridgehead atoms. The molecule has 1 amide bonds. The van der Waals surface area contributed by atoms with Gasteiger partial charge in [0, 0.05) is 30.7 Å². The molecular weight excluding hydrogens is 552 g/mol. The summed E-state index contributed by atoms with van der Waals surface area (Å²) in [7, 11) is 1.59. The predicted octanol–water partition coefficient (Wildman–Crippen LogP) is 4.87. The van der Waals surface area contributed by atoms with Crippen molar-refractivity contribution >= 4 is 32.8 Å². The highest BCUT2D eigenvalue weighted by atomic mass is 79.9. The number of hydrogen-bond acceptors (Lipinski definition) is 7. The van der Waals surface area contributed by atoms with E-state index in [0.717, 1.165) is 49.3 Å². The number of hydrogen-bond donors (Lipinski definition) is 0. The van der Waals surface area contributed by atoms with Crippen LogP contribution in [0.15, 0.2) is 50.1 Å². The van der Waals surface area contributed by atoms with Crippen molar-refractivity contribution < 1.29 is 23.4 Å². The molecule has 2 aliphatic heterocycles. The van der Waals surface area contributed by atoms with Gasteiger partial charge in [-0.05, 0) is 48.2 Å². The fourth-order valence-corrected chi connectivity index (χ4v) is 5.45. The van der Waals surface area contributed by atoms with E-state index in [1.165, 1.54) is 0 Å². The molecule has 8 nitrogen and oxygen atoms in total. The minimum Gasteiger partial charge on any atom is -0.493 e. The molecule has 0 N–H and O–H groups in total. The van der Waals surface area contributed by atoms with Crippen molar-refractivity contribution in [3.05, 3.63) is 68.0 Å². The quantitative estimate of drug-likeness (QED) is 0.355. The van der Waals surface area contributed by atoms with Gasteiger partial charge in [-0.2, -0.15) is 0 Å². The van der Waals surface area contributed by atoms with Gasteiger partial charge in [-0.3, -0.25) is 14.5 Å². The average molecular weight is 585 g/mol.